The molecule has 92 valence electrons. The van der Waals surface area contributed by atoms with Gasteiger partial charge in [0.2, 0.25) is 5.91 Å². The van der Waals surface area contributed by atoms with Gasteiger partial charge < -0.3 is 9.47 Å². The average molecular weight is 253 g/mol. The van der Waals surface area contributed by atoms with Crippen molar-refractivity contribution in [3.8, 4) is 0 Å². The Hall–Kier alpha value is -1.43. The van der Waals surface area contributed by atoms with Crippen molar-refractivity contribution in [2.24, 2.45) is 0 Å². The Bertz CT molecular complexity index is 514. The van der Waals surface area contributed by atoms with E-state index < -0.39 is 0 Å². The van der Waals surface area contributed by atoms with Crippen LogP contribution in [0, 0.1) is 4.77 Å². The third kappa shape index (κ3) is 3.03. The number of rotatable bonds is 3. The molecule has 5 nitrogen and oxygen atoms in total. The number of aryl methyl sites for hydroxylation is 1. The first-order valence-corrected chi connectivity index (χ1v) is 6.15. The van der Waals surface area contributed by atoms with E-state index in [1.54, 1.807) is 10.8 Å². The summed E-state index contributed by atoms with van der Waals surface area (Å²) < 4.78 is 2.08. The van der Waals surface area contributed by atoms with Gasteiger partial charge in [0.05, 0.1) is 0 Å². The van der Waals surface area contributed by atoms with Crippen LogP contribution in [-0.2, 0) is 11.3 Å². The number of likely N-dealkylation sites (tertiary alicyclic amines) is 1. The lowest BCUT2D eigenvalue weighted by molar-refractivity contribution is -0.130. The molecule has 1 fully saturated rings. The maximum absolute atomic E-state index is 11.8. The molecule has 2 heterocycles. The van der Waals surface area contributed by atoms with E-state index in [9.17, 15) is 9.59 Å². The summed E-state index contributed by atoms with van der Waals surface area (Å²) in [5, 5.41) is 0. The third-order valence-corrected chi connectivity index (χ3v) is 3.26. The molecule has 2 rings (SSSR count). The number of carbonyl (C=O) groups is 1. The fraction of sp³-hybridized carbons (Fsp3) is 0.545. The predicted octanol–water partition coefficient (Wildman–Crippen LogP) is 0.918. The monoisotopic (exact) mass is 253 g/mol. The van der Waals surface area contributed by atoms with Crippen molar-refractivity contribution in [3.05, 3.63) is 27.4 Å². The van der Waals surface area contributed by atoms with Crippen LogP contribution in [0.5, 0.6) is 0 Å². The number of aromatic nitrogens is 2. The molecule has 1 aromatic heterocycles. The van der Waals surface area contributed by atoms with Crippen LogP contribution in [0.3, 0.4) is 0 Å². The molecule has 0 bridgehead atoms. The van der Waals surface area contributed by atoms with Gasteiger partial charge >= 0.3 is 0 Å². The van der Waals surface area contributed by atoms with Crippen LogP contribution in [-0.4, -0.2) is 33.4 Å². The summed E-state index contributed by atoms with van der Waals surface area (Å²) in [4.78, 5) is 27.2. The lowest BCUT2D eigenvalue weighted by atomic mass is 10.3. The lowest BCUT2D eigenvalue weighted by Crippen LogP contribution is -2.28. The van der Waals surface area contributed by atoms with Gasteiger partial charge in [-0.25, -0.2) is 0 Å². The molecule has 1 amide bonds. The Morgan fingerprint density at radius 3 is 2.76 bits per heavy atom. The second-order valence-corrected chi connectivity index (χ2v) is 4.53. The fourth-order valence-electron chi connectivity index (χ4n) is 1.96. The van der Waals surface area contributed by atoms with Gasteiger partial charge in [0.15, 0.2) is 4.77 Å². The van der Waals surface area contributed by atoms with Crippen molar-refractivity contribution < 1.29 is 4.79 Å². The lowest BCUT2D eigenvalue weighted by Gasteiger charge is -2.15. The Kier molecular flexibility index (Phi) is 3.73. The van der Waals surface area contributed by atoms with Crippen molar-refractivity contribution in [2.75, 3.05) is 13.1 Å². The molecule has 1 aliphatic rings. The number of aromatic amines is 1. The van der Waals surface area contributed by atoms with Gasteiger partial charge in [0.25, 0.3) is 5.56 Å². The van der Waals surface area contributed by atoms with Crippen molar-refractivity contribution in [2.45, 2.75) is 25.8 Å². The summed E-state index contributed by atoms with van der Waals surface area (Å²) in [6.45, 7) is 2.26. The Balaban J connectivity index is 1.95. The number of hydrogen-bond acceptors (Lipinski definition) is 3. The Morgan fingerprint density at radius 1 is 1.41 bits per heavy atom. The Labute approximate surface area is 104 Å². The minimum absolute atomic E-state index is 0.163. The van der Waals surface area contributed by atoms with E-state index in [-0.39, 0.29) is 11.5 Å². The molecule has 0 aliphatic carbocycles. The largest absolute Gasteiger partial charge is 0.343 e. The highest BCUT2D eigenvalue weighted by atomic mass is 32.1. The van der Waals surface area contributed by atoms with Crippen LogP contribution in [0.4, 0.5) is 0 Å². The normalized spacial score (nSPS) is 15.2. The first-order valence-electron chi connectivity index (χ1n) is 5.74. The first kappa shape index (κ1) is 12.0. The minimum atomic E-state index is -0.211. The van der Waals surface area contributed by atoms with E-state index in [1.165, 1.54) is 6.07 Å². The summed E-state index contributed by atoms with van der Waals surface area (Å²) in [6.07, 6.45) is 4.26. The molecular weight excluding hydrogens is 238 g/mol. The highest BCUT2D eigenvalue weighted by molar-refractivity contribution is 7.71. The molecule has 1 saturated heterocycles. The number of carbonyl (C=O) groups excluding carboxylic acids is 1. The predicted molar refractivity (Wildman–Crippen MR) is 66.3 cm³/mol. The van der Waals surface area contributed by atoms with E-state index >= 15 is 0 Å². The number of nitrogens with one attached hydrogen (secondary N) is 1. The molecule has 1 aromatic rings. The maximum atomic E-state index is 11.8. The summed E-state index contributed by atoms with van der Waals surface area (Å²) in [5.74, 6) is 0.163. The molecule has 1 aliphatic heterocycles. The fourth-order valence-corrected chi connectivity index (χ4v) is 2.21. The van der Waals surface area contributed by atoms with Crippen molar-refractivity contribution in [3.63, 3.8) is 0 Å². The van der Waals surface area contributed by atoms with E-state index in [4.69, 9.17) is 12.2 Å². The third-order valence-electron chi connectivity index (χ3n) is 2.92. The van der Waals surface area contributed by atoms with Gasteiger partial charge in [-0.1, -0.05) is 0 Å². The van der Waals surface area contributed by atoms with Crippen LogP contribution in [0.25, 0.3) is 0 Å². The number of H-pyrrole nitrogens is 1. The molecule has 17 heavy (non-hydrogen) atoms. The summed E-state index contributed by atoms with van der Waals surface area (Å²) in [5.41, 5.74) is -0.211. The second kappa shape index (κ2) is 5.27. The highest BCUT2D eigenvalue weighted by Crippen LogP contribution is 2.09. The highest BCUT2D eigenvalue weighted by Gasteiger charge is 2.17. The summed E-state index contributed by atoms with van der Waals surface area (Å²) in [6, 6.07) is 1.41. The molecule has 0 aromatic carbocycles. The van der Waals surface area contributed by atoms with E-state index in [0.717, 1.165) is 25.9 Å². The van der Waals surface area contributed by atoms with Gasteiger partial charge in [0.1, 0.15) is 0 Å². The zero-order valence-electron chi connectivity index (χ0n) is 9.52. The van der Waals surface area contributed by atoms with Gasteiger partial charge in [-0.3, -0.25) is 14.6 Å². The zero-order valence-corrected chi connectivity index (χ0v) is 10.3. The van der Waals surface area contributed by atoms with Gasteiger partial charge in [0, 0.05) is 38.3 Å². The van der Waals surface area contributed by atoms with Crippen LogP contribution >= 0.6 is 12.2 Å². The summed E-state index contributed by atoms with van der Waals surface area (Å²) in [7, 11) is 0. The van der Waals surface area contributed by atoms with E-state index in [2.05, 4.69) is 4.98 Å². The van der Waals surface area contributed by atoms with E-state index in [0.29, 0.717) is 17.7 Å². The SMILES string of the molecule is O=C(CCn1ccc(=O)[nH]c1=S)N1CCCC1. The molecule has 0 atom stereocenters. The van der Waals surface area contributed by atoms with Crippen LogP contribution < -0.4 is 5.56 Å². The van der Waals surface area contributed by atoms with Crippen molar-refractivity contribution in [1.82, 2.24) is 14.5 Å². The molecule has 6 heteroatoms. The zero-order chi connectivity index (χ0) is 12.3. The van der Waals surface area contributed by atoms with Crippen LogP contribution in [0.2, 0.25) is 0 Å². The quantitative estimate of drug-likeness (QED) is 0.815. The molecule has 1 N–H and O–H groups in total. The molecule has 0 unspecified atom stereocenters. The average Bonchev–Trinajstić information content (AvgIpc) is 2.81. The molecular formula is C11H15N3O2S. The molecule has 0 saturated carbocycles. The van der Waals surface area contributed by atoms with Gasteiger partial charge in [-0.2, -0.15) is 0 Å². The van der Waals surface area contributed by atoms with E-state index in [1.807, 2.05) is 4.90 Å². The number of nitrogens with zero attached hydrogens (tertiary/aromatic N) is 2. The molecule has 0 spiro atoms. The van der Waals surface area contributed by atoms with Crippen molar-refractivity contribution in [1.29, 1.82) is 0 Å². The first-order chi connectivity index (χ1) is 8.16. The summed E-state index contributed by atoms with van der Waals surface area (Å²) >= 11 is 5.01. The number of amides is 1. The van der Waals surface area contributed by atoms with Crippen LogP contribution in [0.1, 0.15) is 19.3 Å². The molecule has 0 radical (unpaired) electrons. The van der Waals surface area contributed by atoms with Gasteiger partial charge in [-0.15, -0.1) is 0 Å². The van der Waals surface area contributed by atoms with Crippen LogP contribution in [0.15, 0.2) is 17.1 Å². The van der Waals surface area contributed by atoms with Gasteiger partial charge in [-0.05, 0) is 25.1 Å². The number of hydrogen-bond donors (Lipinski definition) is 1. The second-order valence-electron chi connectivity index (χ2n) is 4.14. The van der Waals surface area contributed by atoms with Crippen molar-refractivity contribution >= 4 is 18.1 Å². The smallest absolute Gasteiger partial charge is 0.251 e. The Morgan fingerprint density at radius 2 is 2.12 bits per heavy atom. The minimum Gasteiger partial charge on any atom is -0.343 e. The topological polar surface area (TPSA) is 58.1 Å². The standard InChI is InChI=1S/C11H15N3O2S/c15-9-3-7-14(11(17)12-9)8-4-10(16)13-5-1-2-6-13/h3,7H,1-2,4-6,8H2,(H,12,15,17). The maximum Gasteiger partial charge on any atom is 0.251 e.